The SMILES string of the molecule is C(=Cc1ccccc1)c1ccccc1.O[B]O[B]O. The van der Waals surface area contributed by atoms with Crippen LogP contribution in [-0.2, 0) is 4.57 Å². The van der Waals surface area contributed by atoms with Crippen LogP contribution in [0.5, 0.6) is 0 Å². The molecule has 5 heteroatoms. The van der Waals surface area contributed by atoms with Crippen molar-refractivity contribution in [3.8, 4) is 0 Å². The average Bonchev–Trinajstić information content (AvgIpc) is 2.49. The quantitative estimate of drug-likeness (QED) is 0.645. The molecule has 0 aromatic heterocycles. The van der Waals surface area contributed by atoms with Crippen molar-refractivity contribution >= 4 is 27.5 Å². The Hall–Kier alpha value is -1.81. The third-order valence-electron chi connectivity index (χ3n) is 2.19. The molecule has 2 radical (unpaired) electrons. The zero-order chi connectivity index (χ0) is 13.8. The van der Waals surface area contributed by atoms with Gasteiger partial charge in [0.05, 0.1) is 0 Å². The first-order valence-corrected chi connectivity index (χ1v) is 5.72. The van der Waals surface area contributed by atoms with E-state index in [1.807, 2.05) is 36.4 Å². The van der Waals surface area contributed by atoms with E-state index in [1.54, 1.807) is 0 Å². The maximum absolute atomic E-state index is 7.53. The van der Waals surface area contributed by atoms with Gasteiger partial charge in [-0.25, -0.2) is 0 Å². The number of hydrogen-bond acceptors (Lipinski definition) is 3. The predicted molar refractivity (Wildman–Crippen MR) is 78.8 cm³/mol. The van der Waals surface area contributed by atoms with Gasteiger partial charge in [-0.2, -0.15) is 0 Å². The molecular formula is C14H14B2O3. The highest BCUT2D eigenvalue weighted by Crippen LogP contribution is 2.06. The number of benzene rings is 2. The molecule has 0 unspecified atom stereocenters. The lowest BCUT2D eigenvalue weighted by Gasteiger charge is -1.92. The second-order valence-electron chi connectivity index (χ2n) is 3.50. The van der Waals surface area contributed by atoms with E-state index in [-0.39, 0.29) is 0 Å². The lowest BCUT2D eigenvalue weighted by atomic mass is 10.1. The topological polar surface area (TPSA) is 49.7 Å². The van der Waals surface area contributed by atoms with Gasteiger partial charge >= 0.3 is 15.4 Å². The summed E-state index contributed by atoms with van der Waals surface area (Å²) in [4.78, 5) is 0. The highest BCUT2D eigenvalue weighted by molar-refractivity contribution is 6.32. The molecule has 0 heterocycles. The summed E-state index contributed by atoms with van der Waals surface area (Å²) in [7, 11) is 0.750. The minimum Gasteiger partial charge on any atom is -0.456 e. The molecule has 2 rings (SSSR count). The Balaban J connectivity index is 0.000000312. The summed E-state index contributed by atoms with van der Waals surface area (Å²) in [6.45, 7) is 0. The van der Waals surface area contributed by atoms with Gasteiger partial charge in [0, 0.05) is 0 Å². The zero-order valence-corrected chi connectivity index (χ0v) is 10.4. The van der Waals surface area contributed by atoms with Gasteiger partial charge in [-0.05, 0) is 11.1 Å². The van der Waals surface area contributed by atoms with Crippen LogP contribution in [0.3, 0.4) is 0 Å². The molecule has 3 nitrogen and oxygen atoms in total. The molecule has 0 amide bonds. The molecule has 0 bridgehead atoms. The third-order valence-corrected chi connectivity index (χ3v) is 2.19. The Labute approximate surface area is 114 Å². The van der Waals surface area contributed by atoms with E-state index in [9.17, 15) is 0 Å². The summed E-state index contributed by atoms with van der Waals surface area (Å²) in [5.41, 5.74) is 2.47. The Morgan fingerprint density at radius 2 is 1.05 bits per heavy atom. The second kappa shape index (κ2) is 10.1. The molecule has 0 fully saturated rings. The Kier molecular flexibility index (Phi) is 8.14. The van der Waals surface area contributed by atoms with Gasteiger partial charge < -0.3 is 14.6 Å². The van der Waals surface area contributed by atoms with Crippen molar-refractivity contribution in [2.75, 3.05) is 0 Å². The van der Waals surface area contributed by atoms with Crippen molar-refractivity contribution in [1.82, 2.24) is 0 Å². The van der Waals surface area contributed by atoms with Crippen LogP contribution < -0.4 is 0 Å². The molecule has 19 heavy (non-hydrogen) atoms. The fourth-order valence-corrected chi connectivity index (χ4v) is 1.35. The maximum atomic E-state index is 7.53. The Bertz CT molecular complexity index is 417. The van der Waals surface area contributed by atoms with Crippen LogP contribution in [0, 0.1) is 0 Å². The fraction of sp³-hybridized carbons (Fsp3) is 0. The van der Waals surface area contributed by atoms with Crippen molar-refractivity contribution in [3.63, 3.8) is 0 Å². The molecule has 0 aliphatic heterocycles. The molecule has 94 valence electrons. The van der Waals surface area contributed by atoms with Crippen LogP contribution in [0.25, 0.3) is 12.2 Å². The molecular weight excluding hydrogens is 238 g/mol. The number of hydrogen-bond donors (Lipinski definition) is 2. The van der Waals surface area contributed by atoms with Crippen LogP contribution in [0.1, 0.15) is 11.1 Å². The van der Waals surface area contributed by atoms with Gasteiger partial charge in [0.1, 0.15) is 0 Å². The van der Waals surface area contributed by atoms with E-state index in [0.29, 0.717) is 15.4 Å². The van der Waals surface area contributed by atoms with E-state index >= 15 is 0 Å². The minimum atomic E-state index is 0.375. The monoisotopic (exact) mass is 252 g/mol. The standard InChI is InChI=1S/C14H12.B2H2O3/c1-3-7-13(8-4-1)11-12-14-9-5-2-6-10-14;3-1-5-2-4/h1-12H;3-4H. The van der Waals surface area contributed by atoms with Crippen molar-refractivity contribution in [3.05, 3.63) is 71.8 Å². The Morgan fingerprint density at radius 1 is 0.684 bits per heavy atom. The van der Waals surface area contributed by atoms with Gasteiger partial charge in [-0.1, -0.05) is 72.8 Å². The zero-order valence-electron chi connectivity index (χ0n) is 10.4. The van der Waals surface area contributed by atoms with Crippen LogP contribution in [0.2, 0.25) is 0 Å². The van der Waals surface area contributed by atoms with Crippen molar-refractivity contribution in [2.24, 2.45) is 0 Å². The first kappa shape index (κ1) is 15.2. The van der Waals surface area contributed by atoms with E-state index in [0.717, 1.165) is 0 Å². The average molecular weight is 252 g/mol. The molecule has 0 saturated carbocycles. The van der Waals surface area contributed by atoms with E-state index in [1.165, 1.54) is 11.1 Å². The van der Waals surface area contributed by atoms with E-state index in [4.69, 9.17) is 10.0 Å². The van der Waals surface area contributed by atoms with Gasteiger partial charge in [-0.3, -0.25) is 0 Å². The highest BCUT2D eigenvalue weighted by atomic mass is 16.5. The predicted octanol–water partition coefficient (Wildman–Crippen LogP) is 1.91. The first-order chi connectivity index (χ1) is 9.36. The van der Waals surface area contributed by atoms with E-state index in [2.05, 4.69) is 41.0 Å². The van der Waals surface area contributed by atoms with Crippen molar-refractivity contribution in [2.45, 2.75) is 0 Å². The molecule has 0 spiro atoms. The second-order valence-corrected chi connectivity index (χ2v) is 3.50. The summed E-state index contributed by atoms with van der Waals surface area (Å²) < 4.78 is 3.69. The molecule has 0 atom stereocenters. The summed E-state index contributed by atoms with van der Waals surface area (Å²) in [6.07, 6.45) is 4.24. The largest absolute Gasteiger partial charge is 0.469 e. The smallest absolute Gasteiger partial charge is 0.456 e. The van der Waals surface area contributed by atoms with Crippen LogP contribution >= 0.6 is 0 Å². The Morgan fingerprint density at radius 3 is 1.32 bits per heavy atom. The summed E-state index contributed by atoms with van der Waals surface area (Å²) in [6, 6.07) is 20.6. The lowest BCUT2D eigenvalue weighted by Crippen LogP contribution is -2.00. The van der Waals surface area contributed by atoms with E-state index < -0.39 is 0 Å². The molecule has 2 N–H and O–H groups in total. The fourth-order valence-electron chi connectivity index (χ4n) is 1.35. The first-order valence-electron chi connectivity index (χ1n) is 5.72. The summed E-state index contributed by atoms with van der Waals surface area (Å²) in [5.74, 6) is 0. The normalized spacial score (nSPS) is 9.58. The molecule has 0 aliphatic rings. The minimum absolute atomic E-state index is 0.375. The molecule has 0 aliphatic carbocycles. The third kappa shape index (κ3) is 7.26. The van der Waals surface area contributed by atoms with Crippen LogP contribution in [0.4, 0.5) is 0 Å². The summed E-state index contributed by atoms with van der Waals surface area (Å²) >= 11 is 0. The van der Waals surface area contributed by atoms with Gasteiger partial charge in [0.25, 0.3) is 0 Å². The van der Waals surface area contributed by atoms with Gasteiger partial charge in [-0.15, -0.1) is 0 Å². The van der Waals surface area contributed by atoms with Gasteiger partial charge in [0.2, 0.25) is 0 Å². The highest BCUT2D eigenvalue weighted by Gasteiger charge is 1.84. The van der Waals surface area contributed by atoms with Crippen molar-refractivity contribution in [1.29, 1.82) is 0 Å². The van der Waals surface area contributed by atoms with Gasteiger partial charge in [0.15, 0.2) is 0 Å². The lowest BCUT2D eigenvalue weighted by molar-refractivity contribution is 0.408. The molecule has 2 aromatic rings. The van der Waals surface area contributed by atoms with Crippen LogP contribution in [-0.4, -0.2) is 25.4 Å². The van der Waals surface area contributed by atoms with Crippen molar-refractivity contribution < 1.29 is 14.6 Å². The molecule has 2 aromatic carbocycles. The maximum Gasteiger partial charge on any atom is 0.469 e. The summed E-state index contributed by atoms with van der Waals surface area (Å²) in [5, 5.41) is 15.1. The number of rotatable bonds is 4. The van der Waals surface area contributed by atoms with Crippen LogP contribution in [0.15, 0.2) is 60.7 Å². The molecule has 0 saturated heterocycles.